The maximum atomic E-state index is 12.3. The quantitative estimate of drug-likeness (QED) is 0.235. The largest absolute Gasteiger partial charge is 0.457 e. The summed E-state index contributed by atoms with van der Waals surface area (Å²) in [4.78, 5) is 25.3. The first-order chi connectivity index (χ1) is 14.4. The van der Waals surface area contributed by atoms with Gasteiger partial charge in [-0.1, -0.05) is 48.5 Å². The van der Waals surface area contributed by atoms with Crippen molar-refractivity contribution in [2.45, 2.75) is 6.61 Å². The van der Waals surface area contributed by atoms with Gasteiger partial charge in [0.15, 0.2) is 0 Å². The van der Waals surface area contributed by atoms with Crippen molar-refractivity contribution in [1.29, 1.82) is 0 Å². The Balaban J connectivity index is 1.76. The average molecular weight is 402 g/mol. The summed E-state index contributed by atoms with van der Waals surface area (Å²) in [5.74, 6) is -0.600. The summed E-state index contributed by atoms with van der Waals surface area (Å²) in [5, 5.41) is 11.5. The molecule has 30 heavy (non-hydrogen) atoms. The Hall–Kier alpha value is -3.93. The monoisotopic (exact) mass is 402 g/mol. The maximum Gasteiger partial charge on any atom is 0.338 e. The van der Waals surface area contributed by atoms with Gasteiger partial charge in [0.25, 0.3) is 5.69 Å². The number of hydrogen-bond acceptors (Lipinski definition) is 5. The highest BCUT2D eigenvalue weighted by Crippen LogP contribution is 2.24. The minimum absolute atomic E-state index is 0.109. The molecule has 3 aromatic carbocycles. The van der Waals surface area contributed by atoms with Gasteiger partial charge >= 0.3 is 5.97 Å². The van der Waals surface area contributed by atoms with Crippen LogP contribution in [0.2, 0.25) is 0 Å². The van der Waals surface area contributed by atoms with E-state index in [0.717, 1.165) is 16.8 Å². The number of benzene rings is 3. The number of nitro groups is 1. The second-order valence-corrected chi connectivity index (χ2v) is 6.91. The van der Waals surface area contributed by atoms with Crippen LogP contribution in [-0.4, -0.2) is 25.0 Å². The molecule has 152 valence electrons. The molecule has 0 saturated carbocycles. The molecule has 0 heterocycles. The topological polar surface area (TPSA) is 72.7 Å². The van der Waals surface area contributed by atoms with Crippen LogP contribution in [0.5, 0.6) is 0 Å². The van der Waals surface area contributed by atoms with Gasteiger partial charge in [-0.05, 0) is 41.5 Å². The molecule has 0 saturated heterocycles. The first-order valence-electron chi connectivity index (χ1n) is 9.39. The fourth-order valence-corrected chi connectivity index (χ4v) is 2.85. The van der Waals surface area contributed by atoms with Gasteiger partial charge in [0, 0.05) is 25.8 Å². The number of carbonyl (C=O) groups is 1. The number of ether oxygens (including phenoxy) is 1. The summed E-state index contributed by atoms with van der Waals surface area (Å²) in [5.41, 5.74) is 3.24. The number of rotatable bonds is 7. The van der Waals surface area contributed by atoms with Crippen LogP contribution < -0.4 is 4.90 Å². The lowest BCUT2D eigenvalue weighted by Crippen LogP contribution is -2.07. The van der Waals surface area contributed by atoms with Crippen LogP contribution in [0.4, 0.5) is 11.4 Å². The highest BCUT2D eigenvalue weighted by Gasteiger charge is 2.17. The molecular weight excluding hydrogens is 380 g/mol. The summed E-state index contributed by atoms with van der Waals surface area (Å²) in [6.07, 6.45) is 3.47. The third kappa shape index (κ3) is 5.32. The van der Waals surface area contributed by atoms with Crippen molar-refractivity contribution in [2.24, 2.45) is 0 Å². The lowest BCUT2D eigenvalue weighted by atomic mass is 10.1. The number of nitrogens with zero attached hydrogens (tertiary/aromatic N) is 2. The lowest BCUT2D eigenvalue weighted by Gasteiger charge is -2.11. The van der Waals surface area contributed by atoms with E-state index in [1.165, 1.54) is 12.1 Å². The minimum Gasteiger partial charge on any atom is -0.457 e. The predicted molar refractivity (Wildman–Crippen MR) is 118 cm³/mol. The highest BCUT2D eigenvalue weighted by atomic mass is 16.6. The van der Waals surface area contributed by atoms with Crippen molar-refractivity contribution in [2.75, 3.05) is 19.0 Å². The van der Waals surface area contributed by atoms with Crippen molar-refractivity contribution in [1.82, 2.24) is 0 Å². The van der Waals surface area contributed by atoms with E-state index >= 15 is 0 Å². The first-order valence-corrected chi connectivity index (χ1v) is 9.39. The number of anilines is 1. The fraction of sp³-hybridized carbons (Fsp3) is 0.125. The summed E-state index contributed by atoms with van der Waals surface area (Å²) in [6.45, 7) is 0.109. The van der Waals surface area contributed by atoms with E-state index in [-0.39, 0.29) is 17.9 Å². The zero-order valence-electron chi connectivity index (χ0n) is 16.8. The molecule has 0 radical (unpaired) electrons. The van der Waals surface area contributed by atoms with Crippen LogP contribution in [0, 0.1) is 10.1 Å². The molecule has 0 aliphatic carbocycles. The Morgan fingerprint density at radius 1 is 1.00 bits per heavy atom. The van der Waals surface area contributed by atoms with Gasteiger partial charge in [-0.2, -0.15) is 0 Å². The van der Waals surface area contributed by atoms with Crippen LogP contribution in [0.3, 0.4) is 0 Å². The fourth-order valence-electron chi connectivity index (χ4n) is 2.85. The summed E-state index contributed by atoms with van der Waals surface area (Å²) in [7, 11) is 3.92. The van der Waals surface area contributed by atoms with Crippen LogP contribution in [0.25, 0.3) is 12.2 Å². The first kappa shape index (κ1) is 20.8. The second kappa shape index (κ2) is 9.52. The molecule has 0 aliphatic heterocycles. The van der Waals surface area contributed by atoms with Gasteiger partial charge in [0.1, 0.15) is 6.61 Å². The van der Waals surface area contributed by atoms with Crippen LogP contribution in [-0.2, 0) is 11.3 Å². The van der Waals surface area contributed by atoms with Gasteiger partial charge in [-0.3, -0.25) is 10.1 Å². The SMILES string of the molecule is CN(C)c1ccc(/C=C/c2ccc(C(=O)OCc3ccccc3)cc2[N+](=O)[O-])cc1. The normalized spacial score (nSPS) is 10.7. The standard InChI is InChI=1S/C24H22N2O4/c1-25(2)22-14-9-18(10-15-22)8-11-20-12-13-21(16-23(20)26(28)29)24(27)30-17-19-6-4-3-5-7-19/h3-16H,17H2,1-2H3/b11-8+. The van der Waals surface area contributed by atoms with Gasteiger partial charge < -0.3 is 9.64 Å². The molecule has 0 atom stereocenters. The lowest BCUT2D eigenvalue weighted by molar-refractivity contribution is -0.385. The summed E-state index contributed by atoms with van der Waals surface area (Å²) in [6, 6.07) is 21.4. The summed E-state index contributed by atoms with van der Waals surface area (Å²) >= 11 is 0. The van der Waals surface area contributed by atoms with Crippen molar-refractivity contribution in [3.63, 3.8) is 0 Å². The Kier molecular flexibility index (Phi) is 6.60. The number of carbonyl (C=O) groups excluding carboxylic acids is 1. The van der Waals surface area contributed by atoms with E-state index in [4.69, 9.17) is 4.74 Å². The van der Waals surface area contributed by atoms with Gasteiger partial charge in [-0.25, -0.2) is 4.79 Å². The van der Waals surface area contributed by atoms with E-state index in [1.807, 2.05) is 73.6 Å². The van der Waals surface area contributed by atoms with E-state index in [9.17, 15) is 14.9 Å². The Morgan fingerprint density at radius 2 is 1.70 bits per heavy atom. The van der Waals surface area contributed by atoms with E-state index < -0.39 is 10.9 Å². The number of esters is 1. The van der Waals surface area contributed by atoms with E-state index in [1.54, 1.807) is 18.2 Å². The molecule has 6 nitrogen and oxygen atoms in total. The van der Waals surface area contributed by atoms with Crippen LogP contribution in [0.15, 0.2) is 72.8 Å². The van der Waals surface area contributed by atoms with Crippen molar-refractivity contribution in [3.05, 3.63) is 105 Å². The number of hydrogen-bond donors (Lipinski definition) is 0. The molecule has 0 fully saturated rings. The predicted octanol–water partition coefficient (Wildman–Crippen LogP) is 5.19. The van der Waals surface area contributed by atoms with Gasteiger partial charge in [-0.15, -0.1) is 0 Å². The average Bonchev–Trinajstić information content (AvgIpc) is 2.76. The summed E-state index contributed by atoms with van der Waals surface area (Å²) < 4.78 is 5.26. The molecule has 0 amide bonds. The molecular formula is C24H22N2O4. The molecule has 0 N–H and O–H groups in total. The van der Waals surface area contributed by atoms with Crippen LogP contribution in [0.1, 0.15) is 27.0 Å². The van der Waals surface area contributed by atoms with E-state index in [2.05, 4.69) is 0 Å². The zero-order chi connectivity index (χ0) is 21.5. The molecule has 0 aromatic heterocycles. The molecule has 3 rings (SSSR count). The van der Waals surface area contributed by atoms with Crippen molar-refractivity contribution in [3.8, 4) is 0 Å². The molecule has 3 aromatic rings. The van der Waals surface area contributed by atoms with Gasteiger partial charge in [0.05, 0.1) is 16.1 Å². The molecule has 0 unspecified atom stereocenters. The molecule has 0 aliphatic rings. The third-order valence-corrected chi connectivity index (χ3v) is 4.54. The minimum atomic E-state index is -0.600. The zero-order valence-corrected chi connectivity index (χ0v) is 16.8. The van der Waals surface area contributed by atoms with Crippen LogP contribution >= 0.6 is 0 Å². The third-order valence-electron chi connectivity index (χ3n) is 4.54. The van der Waals surface area contributed by atoms with Gasteiger partial charge in [0.2, 0.25) is 0 Å². The number of nitro benzene ring substituents is 1. The Morgan fingerprint density at radius 3 is 2.33 bits per heavy atom. The Labute approximate surface area is 175 Å². The maximum absolute atomic E-state index is 12.3. The highest BCUT2D eigenvalue weighted by molar-refractivity contribution is 5.91. The van der Waals surface area contributed by atoms with E-state index in [0.29, 0.717) is 5.56 Å². The van der Waals surface area contributed by atoms with Crippen molar-refractivity contribution >= 4 is 29.5 Å². The molecule has 0 bridgehead atoms. The molecule has 6 heteroatoms. The van der Waals surface area contributed by atoms with Crippen molar-refractivity contribution < 1.29 is 14.5 Å². The Bertz CT molecular complexity index is 1060. The molecule has 0 spiro atoms. The smallest absolute Gasteiger partial charge is 0.338 e. The second-order valence-electron chi connectivity index (χ2n) is 6.91.